The molecule has 0 bridgehead atoms. The van der Waals surface area contributed by atoms with Gasteiger partial charge in [0.15, 0.2) is 0 Å². The molecule has 2 aromatic rings. The molecule has 0 heterocycles. The van der Waals surface area contributed by atoms with Crippen molar-refractivity contribution in [2.45, 2.75) is 20.3 Å². The van der Waals surface area contributed by atoms with Crippen LogP contribution in [0.4, 0.5) is 5.69 Å². The lowest BCUT2D eigenvalue weighted by Gasteiger charge is -2.21. The van der Waals surface area contributed by atoms with Crippen LogP contribution in [-0.4, -0.2) is 42.3 Å². The first kappa shape index (κ1) is 21.4. The van der Waals surface area contributed by atoms with Crippen LogP contribution < -0.4 is 10.6 Å². The summed E-state index contributed by atoms with van der Waals surface area (Å²) in [5, 5.41) is 5.72. The number of aryl methyl sites for hydroxylation is 1. The van der Waals surface area contributed by atoms with E-state index >= 15 is 0 Å². The van der Waals surface area contributed by atoms with Gasteiger partial charge in [-0.25, -0.2) is 0 Å². The Bertz CT molecular complexity index is 837. The summed E-state index contributed by atoms with van der Waals surface area (Å²) in [5.74, 6) is -1.01. The second kappa shape index (κ2) is 10.5. The van der Waals surface area contributed by atoms with Gasteiger partial charge in [0.25, 0.3) is 5.91 Å². The van der Waals surface area contributed by atoms with Gasteiger partial charge in [0.05, 0.1) is 13.1 Å². The Morgan fingerprint density at radius 2 is 1.75 bits per heavy atom. The van der Waals surface area contributed by atoms with Crippen LogP contribution in [0.3, 0.4) is 0 Å². The largest absolute Gasteiger partial charge is 0.345 e. The number of rotatable bonds is 8. The molecule has 2 aromatic carbocycles. The lowest BCUT2D eigenvalue weighted by atomic mass is 10.2. The number of carbonyl (C=O) groups is 3. The molecule has 0 aliphatic carbocycles. The summed E-state index contributed by atoms with van der Waals surface area (Å²) >= 11 is 5.94. The molecule has 3 amide bonds. The number of amides is 3. The highest BCUT2D eigenvalue weighted by atomic mass is 35.5. The molecular formula is C21H24ClN3O3. The lowest BCUT2D eigenvalue weighted by Crippen LogP contribution is -2.43. The van der Waals surface area contributed by atoms with Gasteiger partial charge in [0, 0.05) is 22.8 Å². The van der Waals surface area contributed by atoms with Crippen molar-refractivity contribution in [2.24, 2.45) is 0 Å². The van der Waals surface area contributed by atoms with Gasteiger partial charge in [0.2, 0.25) is 11.8 Å². The first-order valence-electron chi connectivity index (χ1n) is 9.07. The summed E-state index contributed by atoms with van der Waals surface area (Å²) in [4.78, 5) is 38.3. The SMILES string of the molecule is CCCN(CC(=O)NCC(=O)Nc1ccc(C)cc1)C(=O)c1cccc(Cl)c1. The van der Waals surface area contributed by atoms with Crippen molar-refractivity contribution >= 4 is 35.0 Å². The van der Waals surface area contributed by atoms with Crippen molar-refractivity contribution < 1.29 is 14.4 Å². The molecule has 2 N–H and O–H groups in total. The van der Waals surface area contributed by atoms with Crippen molar-refractivity contribution in [2.75, 3.05) is 25.0 Å². The molecule has 0 radical (unpaired) electrons. The average molecular weight is 402 g/mol. The molecule has 148 valence electrons. The molecular weight excluding hydrogens is 378 g/mol. The first-order valence-corrected chi connectivity index (χ1v) is 9.45. The molecule has 0 aliphatic heterocycles. The number of carbonyl (C=O) groups excluding carboxylic acids is 3. The van der Waals surface area contributed by atoms with E-state index < -0.39 is 5.91 Å². The smallest absolute Gasteiger partial charge is 0.254 e. The number of anilines is 1. The molecule has 2 rings (SSSR count). The summed E-state index contributed by atoms with van der Waals surface area (Å²) in [6.07, 6.45) is 0.702. The summed E-state index contributed by atoms with van der Waals surface area (Å²) in [7, 11) is 0. The van der Waals surface area contributed by atoms with E-state index in [4.69, 9.17) is 11.6 Å². The van der Waals surface area contributed by atoms with E-state index in [2.05, 4.69) is 10.6 Å². The number of benzene rings is 2. The van der Waals surface area contributed by atoms with Crippen LogP contribution in [0.25, 0.3) is 0 Å². The minimum absolute atomic E-state index is 0.128. The third-order valence-electron chi connectivity index (χ3n) is 3.97. The van der Waals surface area contributed by atoms with Crippen molar-refractivity contribution in [3.63, 3.8) is 0 Å². The summed E-state index contributed by atoms with van der Waals surface area (Å²) in [6, 6.07) is 14.0. The second-order valence-corrected chi connectivity index (χ2v) is 6.86. The van der Waals surface area contributed by atoms with Gasteiger partial charge in [-0.05, 0) is 43.7 Å². The number of halogens is 1. The fourth-order valence-electron chi connectivity index (χ4n) is 2.58. The Labute approximate surface area is 169 Å². The highest BCUT2D eigenvalue weighted by Gasteiger charge is 2.18. The van der Waals surface area contributed by atoms with Crippen molar-refractivity contribution in [3.8, 4) is 0 Å². The quantitative estimate of drug-likeness (QED) is 0.712. The van der Waals surface area contributed by atoms with Gasteiger partial charge >= 0.3 is 0 Å². The maximum absolute atomic E-state index is 12.6. The van der Waals surface area contributed by atoms with Gasteiger partial charge < -0.3 is 15.5 Å². The molecule has 0 fully saturated rings. The maximum atomic E-state index is 12.6. The van der Waals surface area contributed by atoms with E-state index in [1.807, 2.05) is 26.0 Å². The topological polar surface area (TPSA) is 78.5 Å². The van der Waals surface area contributed by atoms with Crippen LogP contribution in [0.15, 0.2) is 48.5 Å². The van der Waals surface area contributed by atoms with Crippen molar-refractivity contribution in [3.05, 3.63) is 64.7 Å². The average Bonchev–Trinajstić information content (AvgIpc) is 2.67. The fourth-order valence-corrected chi connectivity index (χ4v) is 2.77. The van der Waals surface area contributed by atoms with E-state index in [-0.39, 0.29) is 24.9 Å². The normalized spacial score (nSPS) is 10.2. The minimum Gasteiger partial charge on any atom is -0.345 e. The Morgan fingerprint density at radius 3 is 2.39 bits per heavy atom. The Morgan fingerprint density at radius 1 is 1.04 bits per heavy atom. The van der Waals surface area contributed by atoms with Gasteiger partial charge in [0.1, 0.15) is 0 Å². The molecule has 0 atom stereocenters. The van der Waals surface area contributed by atoms with Gasteiger partial charge in [-0.15, -0.1) is 0 Å². The van der Waals surface area contributed by atoms with Crippen LogP contribution in [-0.2, 0) is 9.59 Å². The number of hydrogen-bond acceptors (Lipinski definition) is 3. The van der Waals surface area contributed by atoms with Crippen LogP contribution in [0, 0.1) is 6.92 Å². The number of nitrogens with one attached hydrogen (secondary N) is 2. The first-order chi connectivity index (χ1) is 13.4. The Balaban J connectivity index is 1.88. The zero-order valence-electron chi connectivity index (χ0n) is 16.0. The predicted octanol–water partition coefficient (Wildman–Crippen LogP) is 3.26. The van der Waals surface area contributed by atoms with E-state index in [0.717, 1.165) is 5.56 Å². The molecule has 6 nitrogen and oxygen atoms in total. The summed E-state index contributed by atoms with van der Waals surface area (Å²) in [5.41, 5.74) is 2.17. The van der Waals surface area contributed by atoms with Crippen LogP contribution in [0.5, 0.6) is 0 Å². The van der Waals surface area contributed by atoms with Gasteiger partial charge in [-0.1, -0.05) is 42.3 Å². The zero-order chi connectivity index (χ0) is 20.5. The molecule has 0 unspecified atom stereocenters. The van der Waals surface area contributed by atoms with E-state index in [0.29, 0.717) is 29.2 Å². The summed E-state index contributed by atoms with van der Waals surface area (Å²) in [6.45, 7) is 4.01. The highest BCUT2D eigenvalue weighted by Crippen LogP contribution is 2.13. The van der Waals surface area contributed by atoms with E-state index in [9.17, 15) is 14.4 Å². The standard InChI is InChI=1S/C21H24ClN3O3/c1-3-11-25(21(28)16-5-4-6-17(22)12-16)14-20(27)23-13-19(26)24-18-9-7-15(2)8-10-18/h4-10,12H,3,11,13-14H2,1-2H3,(H,23,27)(H,24,26). The number of hydrogen-bond donors (Lipinski definition) is 2. The van der Waals surface area contributed by atoms with Gasteiger partial charge in [-0.2, -0.15) is 0 Å². The minimum atomic E-state index is -0.400. The maximum Gasteiger partial charge on any atom is 0.254 e. The predicted molar refractivity (Wildman–Crippen MR) is 110 cm³/mol. The third kappa shape index (κ3) is 6.70. The van der Waals surface area contributed by atoms with Crippen LogP contribution >= 0.6 is 11.6 Å². The lowest BCUT2D eigenvalue weighted by molar-refractivity contribution is -0.124. The second-order valence-electron chi connectivity index (χ2n) is 6.43. The molecule has 0 saturated heterocycles. The molecule has 28 heavy (non-hydrogen) atoms. The van der Waals surface area contributed by atoms with E-state index in [1.165, 1.54) is 4.90 Å². The van der Waals surface area contributed by atoms with Crippen LogP contribution in [0.2, 0.25) is 5.02 Å². The monoisotopic (exact) mass is 401 g/mol. The molecule has 0 aromatic heterocycles. The zero-order valence-corrected chi connectivity index (χ0v) is 16.8. The van der Waals surface area contributed by atoms with Crippen molar-refractivity contribution in [1.29, 1.82) is 0 Å². The fraction of sp³-hybridized carbons (Fsp3) is 0.286. The highest BCUT2D eigenvalue weighted by molar-refractivity contribution is 6.31. The molecule has 0 saturated carbocycles. The molecule has 0 aliphatic rings. The number of nitrogens with zero attached hydrogens (tertiary/aromatic N) is 1. The molecule has 0 spiro atoms. The van der Waals surface area contributed by atoms with Gasteiger partial charge in [-0.3, -0.25) is 14.4 Å². The molecule has 7 heteroatoms. The van der Waals surface area contributed by atoms with E-state index in [1.54, 1.807) is 36.4 Å². The Hall–Kier alpha value is -2.86. The van der Waals surface area contributed by atoms with Crippen LogP contribution in [0.1, 0.15) is 29.3 Å². The van der Waals surface area contributed by atoms with Crippen molar-refractivity contribution in [1.82, 2.24) is 10.2 Å². The Kier molecular flexibility index (Phi) is 8.02. The third-order valence-corrected chi connectivity index (χ3v) is 4.20. The summed E-state index contributed by atoms with van der Waals surface area (Å²) < 4.78 is 0.